The van der Waals surface area contributed by atoms with Crippen LogP contribution in [-0.2, 0) is 27.3 Å². The minimum absolute atomic E-state index is 0.0349. The van der Waals surface area contributed by atoms with Crippen molar-refractivity contribution in [2.24, 2.45) is 0 Å². The maximum absolute atomic E-state index is 12.7. The van der Waals surface area contributed by atoms with Crippen molar-refractivity contribution in [3.05, 3.63) is 63.2 Å². The van der Waals surface area contributed by atoms with E-state index in [2.05, 4.69) is 5.32 Å². The third-order valence-corrected chi connectivity index (χ3v) is 5.16. The molecule has 30 heavy (non-hydrogen) atoms. The van der Waals surface area contributed by atoms with Gasteiger partial charge in [-0.2, -0.15) is 0 Å². The highest BCUT2D eigenvalue weighted by atomic mass is 16.6. The Labute approximate surface area is 173 Å². The van der Waals surface area contributed by atoms with Gasteiger partial charge in [-0.05, 0) is 30.0 Å². The second-order valence-electron chi connectivity index (χ2n) is 7.06. The number of aryl methyl sites for hydroxylation is 1. The van der Waals surface area contributed by atoms with Crippen LogP contribution in [-0.4, -0.2) is 48.5 Å². The van der Waals surface area contributed by atoms with Crippen LogP contribution in [0.5, 0.6) is 5.75 Å². The molecule has 0 bridgehead atoms. The zero-order valence-electron chi connectivity index (χ0n) is 17.0. The Bertz CT molecular complexity index is 991. The van der Waals surface area contributed by atoms with Gasteiger partial charge in [-0.25, -0.2) is 0 Å². The van der Waals surface area contributed by atoms with Crippen molar-refractivity contribution >= 4 is 23.3 Å². The summed E-state index contributed by atoms with van der Waals surface area (Å²) in [4.78, 5) is 37.4. The maximum Gasteiger partial charge on any atom is 0.323 e. The quantitative estimate of drug-likeness (QED) is 0.440. The lowest BCUT2D eigenvalue weighted by molar-refractivity contribution is -0.385. The van der Waals surface area contributed by atoms with Gasteiger partial charge in [0, 0.05) is 24.4 Å². The summed E-state index contributed by atoms with van der Waals surface area (Å²) in [6, 6.07) is 9.98. The van der Waals surface area contributed by atoms with Crippen LogP contribution in [0.3, 0.4) is 0 Å². The highest BCUT2D eigenvalue weighted by Gasteiger charge is 2.33. The molecular formula is C21H23N3O6. The van der Waals surface area contributed by atoms with Crippen LogP contribution in [0.2, 0.25) is 0 Å². The number of rotatable bonds is 6. The Kier molecular flexibility index (Phi) is 6.31. The molecule has 0 unspecified atom stereocenters. The molecule has 0 radical (unpaired) electrons. The van der Waals surface area contributed by atoms with Gasteiger partial charge in [0.25, 0.3) is 0 Å². The Morgan fingerprint density at radius 1 is 1.23 bits per heavy atom. The van der Waals surface area contributed by atoms with Crippen LogP contribution in [0.25, 0.3) is 0 Å². The number of carbonyl (C=O) groups excluding carboxylic acids is 2. The highest BCUT2D eigenvalue weighted by Crippen LogP contribution is 2.33. The van der Waals surface area contributed by atoms with Gasteiger partial charge in [0.2, 0.25) is 5.91 Å². The summed E-state index contributed by atoms with van der Waals surface area (Å²) in [6.07, 6.45) is 0.459. The summed E-state index contributed by atoms with van der Waals surface area (Å²) in [6.45, 7) is 2.06. The van der Waals surface area contributed by atoms with Gasteiger partial charge in [0.1, 0.15) is 6.04 Å². The predicted molar refractivity (Wildman–Crippen MR) is 109 cm³/mol. The lowest BCUT2D eigenvalue weighted by Gasteiger charge is -2.34. The normalized spacial score (nSPS) is 15.8. The average molecular weight is 413 g/mol. The maximum atomic E-state index is 12.7. The molecule has 9 nitrogen and oxygen atoms in total. The molecule has 1 amide bonds. The Morgan fingerprint density at radius 3 is 2.57 bits per heavy atom. The van der Waals surface area contributed by atoms with E-state index in [1.165, 1.54) is 26.4 Å². The molecule has 0 aliphatic carbocycles. The van der Waals surface area contributed by atoms with Crippen molar-refractivity contribution in [3.63, 3.8) is 0 Å². The summed E-state index contributed by atoms with van der Waals surface area (Å²) in [7, 11) is 2.66. The molecule has 1 atom stereocenters. The SMILES string of the molecule is COC(=O)[C@@H]1Cc2ccccc2CN1CC(=O)Nc1cc(OC)c([N+](=O)[O-])cc1C. The van der Waals surface area contributed by atoms with Crippen LogP contribution in [0.15, 0.2) is 36.4 Å². The second kappa shape index (κ2) is 8.91. The summed E-state index contributed by atoms with van der Waals surface area (Å²) in [5.74, 6) is -0.687. The van der Waals surface area contributed by atoms with Crippen LogP contribution < -0.4 is 10.1 Å². The lowest BCUT2D eigenvalue weighted by atomic mass is 9.94. The van der Waals surface area contributed by atoms with Crippen molar-refractivity contribution in [2.45, 2.75) is 25.9 Å². The molecule has 0 spiro atoms. The fourth-order valence-corrected chi connectivity index (χ4v) is 3.60. The number of nitro benzene ring substituents is 1. The van der Waals surface area contributed by atoms with Gasteiger partial charge in [-0.1, -0.05) is 24.3 Å². The molecule has 158 valence electrons. The molecule has 0 fully saturated rings. The Morgan fingerprint density at radius 2 is 1.93 bits per heavy atom. The molecule has 2 aromatic carbocycles. The molecule has 3 rings (SSSR count). The van der Waals surface area contributed by atoms with E-state index < -0.39 is 16.9 Å². The van der Waals surface area contributed by atoms with Gasteiger partial charge in [-0.15, -0.1) is 0 Å². The number of nitrogens with zero attached hydrogens (tertiary/aromatic N) is 2. The van der Waals surface area contributed by atoms with Gasteiger partial charge in [0.05, 0.1) is 25.7 Å². The molecule has 0 aromatic heterocycles. The van der Waals surface area contributed by atoms with Crippen LogP contribution in [0, 0.1) is 17.0 Å². The smallest absolute Gasteiger partial charge is 0.323 e. The number of hydrogen-bond acceptors (Lipinski definition) is 7. The summed E-state index contributed by atoms with van der Waals surface area (Å²) in [5.41, 5.74) is 2.88. The number of methoxy groups -OCH3 is 2. The van der Waals surface area contributed by atoms with E-state index in [0.717, 1.165) is 11.1 Å². The van der Waals surface area contributed by atoms with Gasteiger partial charge in [-0.3, -0.25) is 24.6 Å². The molecule has 1 N–H and O–H groups in total. The average Bonchev–Trinajstić information content (AvgIpc) is 2.73. The van der Waals surface area contributed by atoms with Crippen molar-refractivity contribution in [1.29, 1.82) is 0 Å². The number of carbonyl (C=O) groups is 2. The van der Waals surface area contributed by atoms with Gasteiger partial charge in [0.15, 0.2) is 5.75 Å². The summed E-state index contributed by atoms with van der Waals surface area (Å²) in [5, 5.41) is 13.9. The number of anilines is 1. The molecule has 9 heteroatoms. The lowest BCUT2D eigenvalue weighted by Crippen LogP contribution is -2.49. The molecule has 1 aliphatic rings. The van der Waals surface area contributed by atoms with Crippen molar-refractivity contribution < 1.29 is 24.0 Å². The standard InChI is InChI=1S/C21H23N3O6/c1-13-8-17(24(27)28)19(29-2)10-16(13)22-20(25)12-23-11-15-7-5-4-6-14(15)9-18(23)21(26)30-3/h4-8,10,18H,9,11-12H2,1-3H3,(H,22,25)/t18-/m0/s1. The van der Waals surface area contributed by atoms with E-state index in [1.807, 2.05) is 24.3 Å². The predicted octanol–water partition coefficient (Wildman–Crippen LogP) is 2.45. The van der Waals surface area contributed by atoms with Gasteiger partial charge < -0.3 is 14.8 Å². The number of fused-ring (bicyclic) bond motifs is 1. The number of esters is 1. The van der Waals surface area contributed by atoms with Crippen molar-refractivity contribution in [1.82, 2.24) is 4.90 Å². The fraction of sp³-hybridized carbons (Fsp3) is 0.333. The molecule has 0 saturated heterocycles. The Hall–Kier alpha value is -3.46. The van der Waals surface area contributed by atoms with Crippen LogP contribution >= 0.6 is 0 Å². The first kappa shape index (κ1) is 21.3. The largest absolute Gasteiger partial charge is 0.490 e. The molecular weight excluding hydrogens is 390 g/mol. The van der Waals surface area contributed by atoms with E-state index in [4.69, 9.17) is 9.47 Å². The number of ether oxygens (including phenoxy) is 2. The minimum atomic E-state index is -0.567. The number of amides is 1. The fourth-order valence-electron chi connectivity index (χ4n) is 3.60. The van der Waals surface area contributed by atoms with E-state index in [9.17, 15) is 19.7 Å². The number of nitrogens with one attached hydrogen (secondary N) is 1. The zero-order valence-corrected chi connectivity index (χ0v) is 17.0. The van der Waals surface area contributed by atoms with E-state index in [1.54, 1.807) is 11.8 Å². The molecule has 2 aromatic rings. The third kappa shape index (κ3) is 4.41. The Balaban J connectivity index is 1.79. The topological polar surface area (TPSA) is 111 Å². The minimum Gasteiger partial charge on any atom is -0.490 e. The highest BCUT2D eigenvalue weighted by molar-refractivity contribution is 5.94. The molecule has 0 saturated carbocycles. The second-order valence-corrected chi connectivity index (χ2v) is 7.06. The number of nitro groups is 1. The van der Waals surface area contributed by atoms with E-state index in [0.29, 0.717) is 24.2 Å². The first-order valence-corrected chi connectivity index (χ1v) is 9.35. The van der Waals surface area contributed by atoms with Crippen molar-refractivity contribution in [3.8, 4) is 5.75 Å². The first-order chi connectivity index (χ1) is 14.3. The zero-order chi connectivity index (χ0) is 21.8. The first-order valence-electron chi connectivity index (χ1n) is 9.35. The van der Waals surface area contributed by atoms with E-state index in [-0.39, 0.29) is 23.9 Å². The van der Waals surface area contributed by atoms with Crippen LogP contribution in [0.1, 0.15) is 16.7 Å². The summed E-state index contributed by atoms with van der Waals surface area (Å²) >= 11 is 0. The van der Waals surface area contributed by atoms with Crippen LogP contribution in [0.4, 0.5) is 11.4 Å². The third-order valence-electron chi connectivity index (χ3n) is 5.16. The van der Waals surface area contributed by atoms with Crippen molar-refractivity contribution in [2.75, 3.05) is 26.1 Å². The monoisotopic (exact) mass is 413 g/mol. The molecule has 1 heterocycles. The summed E-state index contributed by atoms with van der Waals surface area (Å²) < 4.78 is 10.00. The number of hydrogen-bond donors (Lipinski definition) is 1. The van der Waals surface area contributed by atoms with Gasteiger partial charge >= 0.3 is 11.7 Å². The molecule has 1 aliphatic heterocycles. The number of benzene rings is 2. The van der Waals surface area contributed by atoms with E-state index >= 15 is 0 Å².